The third kappa shape index (κ3) is 3.99. The molecular weight excluding hydrogens is 385 g/mol. The van der Waals surface area contributed by atoms with E-state index in [-0.39, 0.29) is 12.4 Å². The van der Waals surface area contributed by atoms with E-state index in [4.69, 9.17) is 15.2 Å². The normalized spacial score (nSPS) is 10.6. The summed E-state index contributed by atoms with van der Waals surface area (Å²) in [5.41, 5.74) is 5.97. The second kappa shape index (κ2) is 8.39. The number of amides is 1. The molecule has 1 amide bonds. The second-order valence-corrected chi connectivity index (χ2v) is 7.02. The van der Waals surface area contributed by atoms with Crippen LogP contribution >= 0.6 is 11.3 Å². The number of aromatic nitrogens is 1. The minimum absolute atomic E-state index is 0.0193. The molecule has 0 bridgehead atoms. The summed E-state index contributed by atoms with van der Waals surface area (Å²) in [7, 11) is 2.37. The Labute approximate surface area is 165 Å². The minimum Gasteiger partial charge on any atom is -0.497 e. The van der Waals surface area contributed by atoms with Crippen molar-refractivity contribution in [3.05, 3.63) is 58.6 Å². The van der Waals surface area contributed by atoms with Gasteiger partial charge in [-0.1, -0.05) is 6.82 Å². The molecule has 0 radical (unpaired) electrons. The molecule has 0 saturated carbocycles. The average Bonchev–Trinajstić information content (AvgIpc) is 3.10. The lowest BCUT2D eigenvalue weighted by Gasteiger charge is -2.08. The number of carbonyl (C=O) groups excluding carboxylic acids is 1. The predicted octanol–water partition coefficient (Wildman–Crippen LogP) is 2.88. The predicted molar refractivity (Wildman–Crippen MR) is 106 cm³/mol. The fourth-order valence-corrected chi connectivity index (χ4v) is 3.63. The van der Waals surface area contributed by atoms with Gasteiger partial charge in [0.1, 0.15) is 28.7 Å². The third-order valence-electron chi connectivity index (χ3n) is 4.08. The van der Waals surface area contributed by atoms with Crippen molar-refractivity contribution in [3.8, 4) is 22.8 Å². The van der Waals surface area contributed by atoms with E-state index in [1.165, 1.54) is 11.3 Å². The lowest BCUT2D eigenvalue weighted by Crippen LogP contribution is -2.16. The smallest absolute Gasteiger partial charge is 0.254 e. The van der Waals surface area contributed by atoms with Crippen LogP contribution in [-0.2, 0) is 6.61 Å². The molecule has 28 heavy (non-hydrogen) atoms. The van der Waals surface area contributed by atoms with E-state index >= 15 is 0 Å². The summed E-state index contributed by atoms with van der Waals surface area (Å²) < 4.78 is 39.5. The fraction of sp³-hybridized carbons (Fsp3) is 0.158. The van der Waals surface area contributed by atoms with Gasteiger partial charge in [0.15, 0.2) is 18.8 Å². The lowest BCUT2D eigenvalue weighted by molar-refractivity contribution is 0.0991. The van der Waals surface area contributed by atoms with E-state index < -0.39 is 23.1 Å². The van der Waals surface area contributed by atoms with Crippen molar-refractivity contribution in [1.82, 2.24) is 4.98 Å². The van der Waals surface area contributed by atoms with Crippen molar-refractivity contribution >= 4 is 29.3 Å². The van der Waals surface area contributed by atoms with Gasteiger partial charge in [-0.05, 0) is 41.2 Å². The number of rotatable bonds is 7. The highest BCUT2D eigenvalue weighted by molar-refractivity contribution is 7.21. The van der Waals surface area contributed by atoms with Gasteiger partial charge < -0.3 is 15.2 Å². The molecule has 5 nitrogen and oxygen atoms in total. The van der Waals surface area contributed by atoms with Gasteiger partial charge in [0.25, 0.3) is 5.91 Å². The van der Waals surface area contributed by atoms with E-state index in [9.17, 15) is 13.6 Å². The van der Waals surface area contributed by atoms with Crippen LogP contribution in [0.2, 0.25) is 6.82 Å². The SMILES string of the molecule is CBc1sc(COc2ccc(F)c(C(N)=O)c2F)nc1-c1ccc(OC)cc1. The molecule has 2 aromatic carbocycles. The molecule has 144 valence electrons. The number of thiazole rings is 1. The Morgan fingerprint density at radius 2 is 1.93 bits per heavy atom. The van der Waals surface area contributed by atoms with Crippen molar-refractivity contribution < 1.29 is 23.0 Å². The summed E-state index contributed by atoms with van der Waals surface area (Å²) in [6.45, 7) is 2.00. The lowest BCUT2D eigenvalue weighted by atomic mass is 9.78. The highest BCUT2D eigenvalue weighted by atomic mass is 32.1. The van der Waals surface area contributed by atoms with Gasteiger partial charge in [-0.25, -0.2) is 13.8 Å². The molecular formula is C19H17BF2N2O3S. The summed E-state index contributed by atoms with van der Waals surface area (Å²) >= 11 is 1.45. The number of ether oxygens (including phenoxy) is 2. The number of nitrogens with two attached hydrogens (primary N) is 1. The van der Waals surface area contributed by atoms with Crippen LogP contribution in [0.25, 0.3) is 11.3 Å². The maximum atomic E-state index is 14.3. The van der Waals surface area contributed by atoms with Gasteiger partial charge in [-0.3, -0.25) is 4.79 Å². The van der Waals surface area contributed by atoms with E-state index in [1.54, 1.807) is 7.11 Å². The molecule has 0 saturated heterocycles. The molecule has 0 aliphatic rings. The van der Waals surface area contributed by atoms with Gasteiger partial charge in [-0.15, -0.1) is 11.3 Å². The third-order valence-corrected chi connectivity index (χ3v) is 5.25. The van der Waals surface area contributed by atoms with Crippen molar-refractivity contribution in [2.75, 3.05) is 7.11 Å². The van der Waals surface area contributed by atoms with E-state index in [1.807, 2.05) is 31.1 Å². The van der Waals surface area contributed by atoms with Crippen molar-refractivity contribution in [1.29, 1.82) is 0 Å². The highest BCUT2D eigenvalue weighted by Crippen LogP contribution is 2.26. The van der Waals surface area contributed by atoms with Gasteiger partial charge >= 0.3 is 0 Å². The zero-order valence-electron chi connectivity index (χ0n) is 15.3. The molecule has 1 heterocycles. The summed E-state index contributed by atoms with van der Waals surface area (Å²) in [6.07, 6.45) is 0. The first-order chi connectivity index (χ1) is 13.4. The Hall–Kier alpha value is -2.94. The molecule has 0 spiro atoms. The quantitative estimate of drug-likeness (QED) is 0.617. The number of carbonyl (C=O) groups is 1. The number of primary amides is 1. The first kappa shape index (κ1) is 19.8. The largest absolute Gasteiger partial charge is 0.497 e. The molecule has 0 atom stereocenters. The number of benzene rings is 2. The monoisotopic (exact) mass is 402 g/mol. The maximum absolute atomic E-state index is 14.3. The van der Waals surface area contributed by atoms with Crippen LogP contribution < -0.4 is 20.0 Å². The topological polar surface area (TPSA) is 74.4 Å². The van der Waals surface area contributed by atoms with Crippen molar-refractivity contribution in [3.63, 3.8) is 0 Å². The summed E-state index contributed by atoms with van der Waals surface area (Å²) in [4.78, 5) is 15.8. The van der Waals surface area contributed by atoms with E-state index in [0.29, 0.717) is 5.01 Å². The Bertz CT molecular complexity index is 1010. The number of methoxy groups -OCH3 is 1. The summed E-state index contributed by atoms with van der Waals surface area (Å²) in [5, 5.41) is 0.631. The van der Waals surface area contributed by atoms with Crippen LogP contribution in [0, 0.1) is 11.6 Å². The standard InChI is InChI=1S/C19H17BF2N2O3S/c1-20-18-17(10-3-5-11(26-2)6-4-10)24-14(28-18)9-27-13-8-7-12(21)15(16(13)22)19(23)25/h3-8,20H,9H2,1-2H3,(H2,23,25). The Kier molecular flexibility index (Phi) is 5.94. The first-order valence-corrected chi connectivity index (χ1v) is 9.29. The molecule has 3 aromatic rings. The van der Waals surface area contributed by atoms with Crippen LogP contribution in [0.1, 0.15) is 15.4 Å². The fourth-order valence-electron chi connectivity index (χ4n) is 2.69. The zero-order chi connectivity index (χ0) is 20.3. The second-order valence-electron chi connectivity index (χ2n) is 5.85. The molecule has 0 aliphatic heterocycles. The minimum atomic E-state index is -1.19. The van der Waals surface area contributed by atoms with Gasteiger partial charge in [0.2, 0.25) is 0 Å². The average molecular weight is 402 g/mol. The van der Waals surface area contributed by atoms with Gasteiger partial charge in [0.05, 0.1) is 12.8 Å². The molecule has 2 N–H and O–H groups in total. The summed E-state index contributed by atoms with van der Waals surface area (Å²) in [6, 6.07) is 9.59. The van der Waals surface area contributed by atoms with Crippen LogP contribution in [0.3, 0.4) is 0 Å². The van der Waals surface area contributed by atoms with E-state index in [2.05, 4.69) is 4.98 Å². The van der Waals surface area contributed by atoms with Crippen LogP contribution in [0.4, 0.5) is 8.78 Å². The highest BCUT2D eigenvalue weighted by Gasteiger charge is 2.20. The van der Waals surface area contributed by atoms with Crippen LogP contribution in [0.5, 0.6) is 11.5 Å². The van der Waals surface area contributed by atoms with Gasteiger partial charge in [0, 0.05) is 5.56 Å². The molecule has 0 fully saturated rings. The number of hydrogen-bond acceptors (Lipinski definition) is 5. The number of nitrogens with zero attached hydrogens (tertiary/aromatic N) is 1. The Morgan fingerprint density at radius 3 is 2.54 bits per heavy atom. The number of halogens is 2. The maximum Gasteiger partial charge on any atom is 0.254 e. The van der Waals surface area contributed by atoms with Crippen molar-refractivity contribution in [2.45, 2.75) is 13.4 Å². The molecule has 0 aliphatic carbocycles. The van der Waals surface area contributed by atoms with Gasteiger partial charge in [-0.2, -0.15) is 0 Å². The van der Waals surface area contributed by atoms with Crippen LogP contribution in [-0.4, -0.2) is 25.3 Å². The van der Waals surface area contributed by atoms with Crippen molar-refractivity contribution in [2.24, 2.45) is 5.73 Å². The zero-order valence-corrected chi connectivity index (χ0v) is 16.1. The Morgan fingerprint density at radius 1 is 1.21 bits per heavy atom. The molecule has 3 rings (SSSR count). The summed E-state index contributed by atoms with van der Waals surface area (Å²) in [5.74, 6) is -2.84. The molecule has 0 unspecified atom stereocenters. The number of hydrogen-bond donors (Lipinski definition) is 1. The molecule has 1 aromatic heterocycles. The van der Waals surface area contributed by atoms with E-state index in [0.717, 1.165) is 41.2 Å². The first-order valence-electron chi connectivity index (χ1n) is 8.48. The Balaban J connectivity index is 1.83. The van der Waals surface area contributed by atoms with Crippen LogP contribution in [0.15, 0.2) is 36.4 Å². The molecule has 9 heteroatoms.